The summed E-state index contributed by atoms with van der Waals surface area (Å²) >= 11 is 1.68. The first kappa shape index (κ1) is 13.7. The highest BCUT2D eigenvalue weighted by molar-refractivity contribution is 7.15. The molecule has 1 fully saturated rings. The summed E-state index contributed by atoms with van der Waals surface area (Å²) in [6.45, 7) is 6.26. The standard InChI is InChI=1S/C12H23N5S/c1-4-13-12-15-14-11(18-12)9-17-7-5-6-10(17)8-16(2)3/h10H,4-9H2,1-3H3,(H,13,15). The van der Waals surface area contributed by atoms with E-state index in [2.05, 4.69) is 46.3 Å². The first-order valence-electron chi connectivity index (χ1n) is 6.64. The van der Waals surface area contributed by atoms with Crippen molar-refractivity contribution >= 4 is 16.5 Å². The first-order valence-corrected chi connectivity index (χ1v) is 7.45. The van der Waals surface area contributed by atoms with E-state index in [-0.39, 0.29) is 0 Å². The van der Waals surface area contributed by atoms with Gasteiger partial charge in [0.25, 0.3) is 0 Å². The molecule has 0 bridgehead atoms. The van der Waals surface area contributed by atoms with Crippen molar-refractivity contribution in [2.45, 2.75) is 32.4 Å². The molecule has 1 aliphatic rings. The number of hydrogen-bond donors (Lipinski definition) is 1. The van der Waals surface area contributed by atoms with E-state index in [4.69, 9.17) is 0 Å². The van der Waals surface area contributed by atoms with Gasteiger partial charge < -0.3 is 10.2 Å². The molecule has 5 nitrogen and oxygen atoms in total. The zero-order valence-electron chi connectivity index (χ0n) is 11.5. The Kier molecular flexibility index (Phi) is 4.91. The molecular formula is C12H23N5S. The Balaban J connectivity index is 1.90. The molecule has 0 radical (unpaired) electrons. The Hall–Kier alpha value is -0.720. The van der Waals surface area contributed by atoms with Crippen molar-refractivity contribution in [3.8, 4) is 0 Å². The van der Waals surface area contributed by atoms with Crippen LogP contribution in [0.4, 0.5) is 5.13 Å². The minimum Gasteiger partial charge on any atom is -0.360 e. The molecule has 0 amide bonds. The van der Waals surface area contributed by atoms with Crippen molar-refractivity contribution in [1.82, 2.24) is 20.0 Å². The van der Waals surface area contributed by atoms with Crippen LogP contribution in [0.25, 0.3) is 0 Å². The lowest BCUT2D eigenvalue weighted by Crippen LogP contribution is -2.37. The Bertz CT molecular complexity index is 365. The van der Waals surface area contributed by atoms with Crippen LogP contribution in [0.3, 0.4) is 0 Å². The summed E-state index contributed by atoms with van der Waals surface area (Å²) in [5, 5.41) is 13.7. The molecular weight excluding hydrogens is 246 g/mol. The molecule has 0 aromatic carbocycles. The lowest BCUT2D eigenvalue weighted by Gasteiger charge is -2.25. The number of anilines is 1. The highest BCUT2D eigenvalue weighted by Gasteiger charge is 2.25. The van der Waals surface area contributed by atoms with Crippen LogP contribution in [0.5, 0.6) is 0 Å². The van der Waals surface area contributed by atoms with E-state index in [9.17, 15) is 0 Å². The number of likely N-dealkylation sites (tertiary alicyclic amines) is 1. The molecule has 1 unspecified atom stereocenters. The van der Waals surface area contributed by atoms with Gasteiger partial charge >= 0.3 is 0 Å². The van der Waals surface area contributed by atoms with E-state index in [1.54, 1.807) is 11.3 Å². The summed E-state index contributed by atoms with van der Waals surface area (Å²) < 4.78 is 0. The molecule has 1 saturated heterocycles. The number of nitrogens with one attached hydrogen (secondary N) is 1. The Morgan fingerprint density at radius 2 is 2.28 bits per heavy atom. The summed E-state index contributed by atoms with van der Waals surface area (Å²) in [5.41, 5.74) is 0. The average molecular weight is 269 g/mol. The van der Waals surface area contributed by atoms with Gasteiger partial charge in [-0.2, -0.15) is 0 Å². The maximum Gasteiger partial charge on any atom is 0.205 e. The van der Waals surface area contributed by atoms with Crippen LogP contribution in [0, 0.1) is 0 Å². The van der Waals surface area contributed by atoms with Gasteiger partial charge in [-0.3, -0.25) is 4.90 Å². The lowest BCUT2D eigenvalue weighted by atomic mass is 10.2. The minimum atomic E-state index is 0.673. The smallest absolute Gasteiger partial charge is 0.205 e. The SMILES string of the molecule is CCNc1nnc(CN2CCCC2CN(C)C)s1. The number of nitrogens with zero attached hydrogens (tertiary/aromatic N) is 4. The van der Waals surface area contributed by atoms with E-state index >= 15 is 0 Å². The topological polar surface area (TPSA) is 44.3 Å². The summed E-state index contributed by atoms with van der Waals surface area (Å²) in [5.74, 6) is 0. The highest BCUT2D eigenvalue weighted by atomic mass is 32.1. The third kappa shape index (κ3) is 3.63. The zero-order chi connectivity index (χ0) is 13.0. The highest BCUT2D eigenvalue weighted by Crippen LogP contribution is 2.23. The summed E-state index contributed by atoms with van der Waals surface area (Å²) in [6.07, 6.45) is 2.61. The summed E-state index contributed by atoms with van der Waals surface area (Å²) in [7, 11) is 4.29. The molecule has 18 heavy (non-hydrogen) atoms. The fourth-order valence-corrected chi connectivity index (χ4v) is 3.28. The van der Waals surface area contributed by atoms with Crippen LogP contribution in [0.15, 0.2) is 0 Å². The second-order valence-corrected chi connectivity index (χ2v) is 6.12. The van der Waals surface area contributed by atoms with Gasteiger partial charge in [0.2, 0.25) is 5.13 Å². The van der Waals surface area contributed by atoms with Crippen LogP contribution < -0.4 is 5.32 Å². The normalized spacial score (nSPS) is 20.8. The van der Waals surface area contributed by atoms with Crippen LogP contribution in [-0.4, -0.2) is 59.8 Å². The third-order valence-electron chi connectivity index (χ3n) is 3.21. The van der Waals surface area contributed by atoms with Crippen LogP contribution in [0.1, 0.15) is 24.8 Å². The molecule has 2 rings (SSSR count). The maximum atomic E-state index is 4.26. The second kappa shape index (κ2) is 6.45. The van der Waals surface area contributed by atoms with Gasteiger partial charge in [-0.05, 0) is 40.4 Å². The van der Waals surface area contributed by atoms with E-state index in [1.165, 1.54) is 19.4 Å². The maximum absolute atomic E-state index is 4.26. The van der Waals surface area contributed by atoms with Gasteiger partial charge in [0, 0.05) is 19.1 Å². The Morgan fingerprint density at radius 1 is 1.44 bits per heavy atom. The molecule has 1 aliphatic heterocycles. The average Bonchev–Trinajstić information content (AvgIpc) is 2.90. The van der Waals surface area contributed by atoms with Crippen LogP contribution in [0.2, 0.25) is 0 Å². The third-order valence-corrected chi connectivity index (χ3v) is 4.07. The number of likely N-dealkylation sites (N-methyl/N-ethyl adjacent to an activating group) is 1. The van der Waals surface area contributed by atoms with Gasteiger partial charge in [-0.1, -0.05) is 11.3 Å². The molecule has 1 atom stereocenters. The first-order chi connectivity index (χ1) is 8.69. The van der Waals surface area contributed by atoms with Gasteiger partial charge in [-0.25, -0.2) is 0 Å². The largest absolute Gasteiger partial charge is 0.360 e. The second-order valence-electron chi connectivity index (χ2n) is 5.06. The monoisotopic (exact) mass is 269 g/mol. The van der Waals surface area contributed by atoms with Crippen molar-refractivity contribution in [3.63, 3.8) is 0 Å². The van der Waals surface area contributed by atoms with Gasteiger partial charge in [-0.15, -0.1) is 10.2 Å². The van der Waals surface area contributed by atoms with E-state index < -0.39 is 0 Å². The molecule has 102 valence electrons. The molecule has 0 aliphatic carbocycles. The van der Waals surface area contributed by atoms with Crippen molar-refractivity contribution in [2.24, 2.45) is 0 Å². The van der Waals surface area contributed by atoms with Crippen molar-refractivity contribution in [2.75, 3.05) is 39.0 Å². The molecule has 1 aromatic heterocycles. The fourth-order valence-electron chi connectivity index (χ4n) is 2.45. The minimum absolute atomic E-state index is 0.673. The molecule has 6 heteroatoms. The Labute approximate surface area is 113 Å². The van der Waals surface area contributed by atoms with E-state index in [0.29, 0.717) is 6.04 Å². The molecule has 0 saturated carbocycles. The lowest BCUT2D eigenvalue weighted by molar-refractivity contribution is 0.200. The van der Waals surface area contributed by atoms with Gasteiger partial charge in [0.05, 0.1) is 6.54 Å². The molecule has 2 heterocycles. The zero-order valence-corrected chi connectivity index (χ0v) is 12.3. The molecule has 1 aromatic rings. The fraction of sp³-hybridized carbons (Fsp3) is 0.833. The molecule has 1 N–H and O–H groups in total. The number of aromatic nitrogens is 2. The van der Waals surface area contributed by atoms with E-state index in [1.807, 2.05) is 0 Å². The van der Waals surface area contributed by atoms with Crippen LogP contribution >= 0.6 is 11.3 Å². The van der Waals surface area contributed by atoms with Gasteiger partial charge in [0.1, 0.15) is 5.01 Å². The molecule has 0 spiro atoms. The number of hydrogen-bond acceptors (Lipinski definition) is 6. The summed E-state index contributed by atoms with van der Waals surface area (Å²) in [4.78, 5) is 4.81. The predicted molar refractivity (Wildman–Crippen MR) is 76.1 cm³/mol. The quantitative estimate of drug-likeness (QED) is 0.848. The van der Waals surface area contributed by atoms with E-state index in [0.717, 1.165) is 29.8 Å². The van der Waals surface area contributed by atoms with Gasteiger partial charge in [0.15, 0.2) is 0 Å². The van der Waals surface area contributed by atoms with Crippen molar-refractivity contribution in [3.05, 3.63) is 5.01 Å². The summed E-state index contributed by atoms with van der Waals surface area (Å²) in [6, 6.07) is 0.673. The predicted octanol–water partition coefficient (Wildman–Crippen LogP) is 1.50. The number of rotatable bonds is 6. The van der Waals surface area contributed by atoms with Crippen molar-refractivity contribution < 1.29 is 0 Å². The van der Waals surface area contributed by atoms with Crippen molar-refractivity contribution in [1.29, 1.82) is 0 Å². The Morgan fingerprint density at radius 3 is 3.00 bits per heavy atom. The van der Waals surface area contributed by atoms with Crippen LogP contribution in [-0.2, 0) is 6.54 Å².